The molecule has 1 aromatic carbocycles. The van der Waals surface area contributed by atoms with Crippen molar-refractivity contribution < 1.29 is 18.7 Å². The molecule has 1 N–H and O–H groups in total. The first-order valence-electron chi connectivity index (χ1n) is 6.63. The number of aromatic nitrogens is 2. The largest absolute Gasteiger partial charge is 0.478 e. The van der Waals surface area contributed by atoms with Crippen molar-refractivity contribution in [2.75, 3.05) is 0 Å². The van der Waals surface area contributed by atoms with Gasteiger partial charge in [0.05, 0.1) is 11.6 Å². The first kappa shape index (κ1) is 14.2. The summed E-state index contributed by atoms with van der Waals surface area (Å²) in [5, 5.41) is 9.26. The van der Waals surface area contributed by atoms with Gasteiger partial charge in [-0.2, -0.15) is 0 Å². The first-order valence-corrected chi connectivity index (χ1v) is 6.63. The summed E-state index contributed by atoms with van der Waals surface area (Å²) in [5.74, 6) is -2.48. The van der Waals surface area contributed by atoms with Crippen molar-refractivity contribution >= 4 is 17.0 Å². The lowest BCUT2D eigenvalue weighted by atomic mass is 10.1. The number of aromatic carboxylic acids is 1. The molecule has 0 aliphatic rings. The second-order valence-electron chi connectivity index (χ2n) is 4.94. The Morgan fingerprint density at radius 3 is 2.55 bits per heavy atom. The highest BCUT2D eigenvalue weighted by atomic mass is 19.1. The van der Waals surface area contributed by atoms with Crippen molar-refractivity contribution in [1.29, 1.82) is 0 Å². The van der Waals surface area contributed by atoms with Gasteiger partial charge in [0.25, 0.3) is 0 Å². The van der Waals surface area contributed by atoms with Gasteiger partial charge >= 0.3 is 5.97 Å². The van der Waals surface area contributed by atoms with E-state index < -0.39 is 23.6 Å². The van der Waals surface area contributed by atoms with Gasteiger partial charge in [0.15, 0.2) is 0 Å². The lowest BCUT2D eigenvalue weighted by molar-refractivity contribution is 0.0698. The van der Waals surface area contributed by atoms with Crippen LogP contribution >= 0.6 is 0 Å². The maximum Gasteiger partial charge on any atom is 0.339 e. The Morgan fingerprint density at radius 2 is 1.91 bits per heavy atom. The molecule has 6 heteroatoms. The summed E-state index contributed by atoms with van der Waals surface area (Å²) in [6.07, 6.45) is 2.84. The van der Waals surface area contributed by atoms with E-state index in [4.69, 9.17) is 0 Å². The normalized spacial score (nSPS) is 12.5. The first-order chi connectivity index (χ1) is 10.5. The number of carboxylic acid groups (broad SMARTS) is 1. The molecule has 0 fully saturated rings. The summed E-state index contributed by atoms with van der Waals surface area (Å²) in [7, 11) is 0. The molecule has 3 aromatic rings. The number of rotatable bonds is 3. The number of fused-ring (bicyclic) bond motifs is 1. The van der Waals surface area contributed by atoms with E-state index in [-0.39, 0.29) is 11.1 Å². The maximum atomic E-state index is 14.0. The lowest BCUT2D eigenvalue weighted by Gasteiger charge is -2.17. The summed E-state index contributed by atoms with van der Waals surface area (Å²) in [6, 6.07) is 6.26. The fourth-order valence-corrected chi connectivity index (χ4v) is 2.61. The molecule has 2 heterocycles. The predicted molar refractivity (Wildman–Crippen MR) is 76.9 cm³/mol. The molecule has 3 rings (SSSR count). The monoisotopic (exact) mass is 302 g/mol. The van der Waals surface area contributed by atoms with Crippen LogP contribution < -0.4 is 0 Å². The maximum absolute atomic E-state index is 14.0. The summed E-state index contributed by atoms with van der Waals surface area (Å²) in [5.41, 5.74) is 0.688. The number of halogens is 2. The number of benzene rings is 1. The minimum Gasteiger partial charge on any atom is -0.478 e. The summed E-state index contributed by atoms with van der Waals surface area (Å²) >= 11 is 0. The van der Waals surface area contributed by atoms with Crippen LogP contribution in [0.25, 0.3) is 11.0 Å². The molecular formula is C16H12F2N2O2. The molecule has 0 saturated carbocycles. The van der Waals surface area contributed by atoms with Crippen LogP contribution in [0.15, 0.2) is 42.7 Å². The SMILES string of the molecule is CC(c1c(F)cccc1F)n1cc(C(=O)O)c2ncccc21. The number of carboxylic acids is 1. The summed E-state index contributed by atoms with van der Waals surface area (Å²) < 4.78 is 29.5. The molecule has 2 aromatic heterocycles. The highest BCUT2D eigenvalue weighted by Gasteiger charge is 2.22. The van der Waals surface area contributed by atoms with E-state index in [0.717, 1.165) is 0 Å². The second-order valence-corrected chi connectivity index (χ2v) is 4.94. The molecule has 0 bridgehead atoms. The number of nitrogens with zero attached hydrogens (tertiary/aromatic N) is 2. The second kappa shape index (κ2) is 5.22. The zero-order chi connectivity index (χ0) is 15.9. The fraction of sp³-hybridized carbons (Fsp3) is 0.125. The molecule has 1 atom stereocenters. The van der Waals surface area contributed by atoms with E-state index in [1.807, 2.05) is 0 Å². The van der Waals surface area contributed by atoms with Gasteiger partial charge in [-0.05, 0) is 31.2 Å². The van der Waals surface area contributed by atoms with Crippen molar-refractivity contribution in [3.63, 3.8) is 0 Å². The molecule has 0 saturated heterocycles. The van der Waals surface area contributed by atoms with Crippen molar-refractivity contribution in [1.82, 2.24) is 9.55 Å². The van der Waals surface area contributed by atoms with Crippen molar-refractivity contribution in [3.05, 3.63) is 65.5 Å². The Kier molecular flexibility index (Phi) is 3.36. The third-order valence-corrected chi connectivity index (χ3v) is 3.65. The number of carbonyl (C=O) groups is 1. The Hall–Kier alpha value is -2.76. The van der Waals surface area contributed by atoms with Crippen LogP contribution in [0.2, 0.25) is 0 Å². The average Bonchev–Trinajstić information content (AvgIpc) is 2.86. The van der Waals surface area contributed by atoms with E-state index in [0.29, 0.717) is 11.0 Å². The van der Waals surface area contributed by atoms with Crippen LogP contribution in [-0.2, 0) is 0 Å². The molecule has 0 aliphatic heterocycles. The van der Waals surface area contributed by atoms with Gasteiger partial charge in [-0.1, -0.05) is 6.07 Å². The number of hydrogen-bond acceptors (Lipinski definition) is 2. The minimum atomic E-state index is -1.14. The van der Waals surface area contributed by atoms with Crippen molar-refractivity contribution in [3.8, 4) is 0 Å². The fourth-order valence-electron chi connectivity index (χ4n) is 2.61. The van der Waals surface area contributed by atoms with Gasteiger partial charge in [0, 0.05) is 18.0 Å². The number of hydrogen-bond donors (Lipinski definition) is 1. The molecule has 1 unspecified atom stereocenters. The van der Waals surface area contributed by atoms with E-state index >= 15 is 0 Å². The molecule has 4 nitrogen and oxygen atoms in total. The van der Waals surface area contributed by atoms with Crippen LogP contribution in [0.5, 0.6) is 0 Å². The van der Waals surface area contributed by atoms with E-state index in [9.17, 15) is 18.7 Å². The van der Waals surface area contributed by atoms with Crippen LogP contribution in [0.3, 0.4) is 0 Å². The summed E-state index contributed by atoms with van der Waals surface area (Å²) in [6.45, 7) is 1.61. The third-order valence-electron chi connectivity index (χ3n) is 3.65. The molecule has 22 heavy (non-hydrogen) atoms. The Balaban J connectivity index is 2.24. The van der Waals surface area contributed by atoms with E-state index in [2.05, 4.69) is 4.98 Å². The van der Waals surface area contributed by atoms with Gasteiger partial charge in [-0.15, -0.1) is 0 Å². The van der Waals surface area contributed by atoms with Crippen LogP contribution in [0.4, 0.5) is 8.78 Å². The quantitative estimate of drug-likeness (QED) is 0.804. The van der Waals surface area contributed by atoms with E-state index in [1.54, 1.807) is 19.1 Å². The standard InChI is InChI=1S/C16H12F2N2O2/c1-9(14-11(17)4-2-5-12(14)18)20-8-10(16(21)22)15-13(20)6-3-7-19-15/h2-9H,1H3,(H,21,22). The highest BCUT2D eigenvalue weighted by Crippen LogP contribution is 2.29. The molecule has 0 amide bonds. The van der Waals surface area contributed by atoms with Crippen LogP contribution in [0, 0.1) is 11.6 Å². The van der Waals surface area contributed by atoms with Gasteiger partial charge in [0.1, 0.15) is 22.7 Å². The van der Waals surface area contributed by atoms with Crippen LogP contribution in [0.1, 0.15) is 28.9 Å². The molecule has 0 radical (unpaired) electrons. The summed E-state index contributed by atoms with van der Waals surface area (Å²) in [4.78, 5) is 15.4. The predicted octanol–water partition coefficient (Wildman–Crippen LogP) is 3.62. The molecule has 0 aliphatic carbocycles. The lowest BCUT2D eigenvalue weighted by Crippen LogP contribution is -2.10. The third kappa shape index (κ3) is 2.13. The minimum absolute atomic E-state index is 0.000743. The topological polar surface area (TPSA) is 55.1 Å². The Labute approximate surface area is 124 Å². The van der Waals surface area contributed by atoms with Gasteiger partial charge < -0.3 is 9.67 Å². The number of pyridine rings is 1. The zero-order valence-corrected chi connectivity index (χ0v) is 11.6. The molecular weight excluding hydrogens is 290 g/mol. The van der Waals surface area contributed by atoms with Crippen molar-refractivity contribution in [2.45, 2.75) is 13.0 Å². The Bertz CT molecular complexity index is 853. The zero-order valence-electron chi connectivity index (χ0n) is 11.6. The highest BCUT2D eigenvalue weighted by molar-refractivity contribution is 6.01. The van der Waals surface area contributed by atoms with Gasteiger partial charge in [-0.3, -0.25) is 4.98 Å². The van der Waals surface area contributed by atoms with E-state index in [1.165, 1.54) is 35.2 Å². The van der Waals surface area contributed by atoms with Gasteiger partial charge in [0.2, 0.25) is 0 Å². The Morgan fingerprint density at radius 1 is 1.23 bits per heavy atom. The molecule has 0 spiro atoms. The smallest absolute Gasteiger partial charge is 0.339 e. The van der Waals surface area contributed by atoms with Gasteiger partial charge in [-0.25, -0.2) is 13.6 Å². The van der Waals surface area contributed by atoms with Crippen molar-refractivity contribution in [2.24, 2.45) is 0 Å². The molecule has 112 valence electrons. The average molecular weight is 302 g/mol. The van der Waals surface area contributed by atoms with Crippen LogP contribution in [-0.4, -0.2) is 20.6 Å².